The Labute approximate surface area is 167 Å². The number of hydrogen-bond acceptors (Lipinski definition) is 5. The molecule has 2 aromatic carbocycles. The van der Waals surface area contributed by atoms with Crippen LogP contribution in [-0.2, 0) is 4.74 Å². The quantitative estimate of drug-likeness (QED) is 0.649. The molecule has 3 rings (SSSR count). The monoisotopic (exact) mass is 389 g/mol. The number of rotatable bonds is 5. The van der Waals surface area contributed by atoms with Crippen molar-refractivity contribution in [2.75, 3.05) is 17.7 Å². The highest BCUT2D eigenvalue weighted by atomic mass is 16.5. The Hall–Kier alpha value is -4.00. The molecule has 0 atom stereocenters. The van der Waals surface area contributed by atoms with Crippen LogP contribution in [-0.4, -0.2) is 29.9 Å². The lowest BCUT2D eigenvalue weighted by Crippen LogP contribution is -2.17. The second kappa shape index (κ2) is 8.79. The number of nitrogens with one attached hydrogen (secondary N) is 2. The number of hydrogen-bond donors (Lipinski definition) is 2. The highest BCUT2D eigenvalue weighted by Gasteiger charge is 2.14. The SMILES string of the molecule is COC(=O)c1cccc(NC(=O)c2cc(C(=O)Nc3ccccc3C)ccn2)c1. The number of nitrogens with zero attached hydrogens (tertiary/aromatic N) is 1. The van der Waals surface area contributed by atoms with E-state index in [1.807, 2.05) is 25.1 Å². The van der Waals surface area contributed by atoms with E-state index in [0.717, 1.165) is 5.56 Å². The number of esters is 1. The van der Waals surface area contributed by atoms with Crippen LogP contribution >= 0.6 is 0 Å². The number of aryl methyl sites for hydroxylation is 1. The van der Waals surface area contributed by atoms with Crippen LogP contribution in [0.15, 0.2) is 66.9 Å². The molecular formula is C22H19N3O4. The van der Waals surface area contributed by atoms with Crippen LogP contribution < -0.4 is 10.6 Å². The zero-order valence-electron chi connectivity index (χ0n) is 15.9. The minimum absolute atomic E-state index is 0.0749. The van der Waals surface area contributed by atoms with Crippen LogP contribution in [0.1, 0.15) is 36.8 Å². The molecule has 3 aromatic rings. The summed E-state index contributed by atoms with van der Waals surface area (Å²) in [5, 5.41) is 5.48. The van der Waals surface area contributed by atoms with Gasteiger partial charge in [0, 0.05) is 23.1 Å². The van der Waals surface area contributed by atoms with Crippen molar-refractivity contribution in [3.05, 3.63) is 89.2 Å². The summed E-state index contributed by atoms with van der Waals surface area (Å²) in [7, 11) is 1.28. The molecule has 0 bridgehead atoms. The Balaban J connectivity index is 1.75. The number of anilines is 2. The molecule has 0 unspecified atom stereocenters. The number of aromatic nitrogens is 1. The Bertz CT molecular complexity index is 1080. The molecule has 0 saturated heterocycles. The van der Waals surface area contributed by atoms with E-state index < -0.39 is 11.9 Å². The molecule has 1 aromatic heterocycles. The maximum atomic E-state index is 12.5. The maximum absolute atomic E-state index is 12.5. The summed E-state index contributed by atoms with van der Waals surface area (Å²) in [4.78, 5) is 40.7. The number of ether oxygens (including phenoxy) is 1. The van der Waals surface area contributed by atoms with E-state index >= 15 is 0 Å². The summed E-state index contributed by atoms with van der Waals surface area (Å²) in [6, 6.07) is 16.7. The summed E-state index contributed by atoms with van der Waals surface area (Å²) < 4.78 is 4.67. The molecule has 146 valence electrons. The van der Waals surface area contributed by atoms with Gasteiger partial charge in [-0.15, -0.1) is 0 Å². The van der Waals surface area contributed by atoms with E-state index in [0.29, 0.717) is 22.5 Å². The standard InChI is InChI=1S/C22H19N3O4/c1-14-6-3-4-9-18(14)25-20(26)15-10-11-23-19(13-15)21(27)24-17-8-5-7-16(12-17)22(28)29-2/h3-13H,1-2H3,(H,24,27)(H,25,26). The lowest BCUT2D eigenvalue weighted by atomic mass is 10.1. The lowest BCUT2D eigenvalue weighted by Gasteiger charge is -2.09. The molecular weight excluding hydrogens is 370 g/mol. The van der Waals surface area contributed by atoms with Gasteiger partial charge >= 0.3 is 5.97 Å². The minimum Gasteiger partial charge on any atom is -0.465 e. The molecule has 2 N–H and O–H groups in total. The van der Waals surface area contributed by atoms with E-state index in [1.165, 1.54) is 31.5 Å². The Kier molecular flexibility index (Phi) is 5.99. The topological polar surface area (TPSA) is 97.4 Å². The van der Waals surface area contributed by atoms with Crippen molar-refractivity contribution in [2.45, 2.75) is 6.92 Å². The van der Waals surface area contributed by atoms with Gasteiger partial charge in [0.1, 0.15) is 5.69 Å². The van der Waals surface area contributed by atoms with Gasteiger partial charge in [0.15, 0.2) is 0 Å². The second-order valence-electron chi connectivity index (χ2n) is 6.23. The van der Waals surface area contributed by atoms with Crippen molar-refractivity contribution in [1.29, 1.82) is 0 Å². The van der Waals surface area contributed by atoms with Crippen LogP contribution in [0.4, 0.5) is 11.4 Å². The lowest BCUT2D eigenvalue weighted by molar-refractivity contribution is 0.0600. The molecule has 7 heteroatoms. The van der Waals surface area contributed by atoms with Gasteiger partial charge in [0.25, 0.3) is 11.8 Å². The van der Waals surface area contributed by atoms with E-state index in [4.69, 9.17) is 0 Å². The number of benzene rings is 2. The Morgan fingerprint density at radius 3 is 2.41 bits per heavy atom. The average molecular weight is 389 g/mol. The van der Waals surface area contributed by atoms with Gasteiger partial charge in [0.05, 0.1) is 12.7 Å². The summed E-state index contributed by atoms with van der Waals surface area (Å²) in [6.45, 7) is 1.89. The van der Waals surface area contributed by atoms with Gasteiger partial charge in [-0.25, -0.2) is 4.79 Å². The summed E-state index contributed by atoms with van der Waals surface area (Å²) >= 11 is 0. The van der Waals surface area contributed by atoms with Crippen molar-refractivity contribution in [3.63, 3.8) is 0 Å². The number of carbonyl (C=O) groups excluding carboxylic acids is 3. The molecule has 0 aliphatic rings. The molecule has 0 saturated carbocycles. The fourth-order valence-corrected chi connectivity index (χ4v) is 2.64. The summed E-state index contributed by atoms with van der Waals surface area (Å²) in [5.41, 5.74) is 2.72. The van der Waals surface area contributed by atoms with Crippen LogP contribution in [0.2, 0.25) is 0 Å². The number of pyridine rings is 1. The first-order valence-corrected chi connectivity index (χ1v) is 8.80. The molecule has 2 amide bonds. The van der Waals surface area contributed by atoms with Gasteiger partial charge in [-0.2, -0.15) is 0 Å². The Morgan fingerprint density at radius 1 is 0.862 bits per heavy atom. The minimum atomic E-state index is -0.505. The van der Waals surface area contributed by atoms with Crippen LogP contribution in [0.5, 0.6) is 0 Å². The zero-order chi connectivity index (χ0) is 20.8. The highest BCUT2D eigenvalue weighted by molar-refractivity contribution is 6.08. The fourth-order valence-electron chi connectivity index (χ4n) is 2.64. The smallest absolute Gasteiger partial charge is 0.337 e. The van der Waals surface area contributed by atoms with Crippen molar-refractivity contribution >= 4 is 29.2 Å². The molecule has 0 spiro atoms. The predicted octanol–water partition coefficient (Wildman–Crippen LogP) is 3.68. The van der Waals surface area contributed by atoms with Crippen LogP contribution in [0.25, 0.3) is 0 Å². The third kappa shape index (κ3) is 4.84. The van der Waals surface area contributed by atoms with Crippen LogP contribution in [0.3, 0.4) is 0 Å². The number of methoxy groups -OCH3 is 1. The normalized spacial score (nSPS) is 10.1. The molecule has 7 nitrogen and oxygen atoms in total. The fraction of sp³-hybridized carbons (Fsp3) is 0.0909. The first-order valence-electron chi connectivity index (χ1n) is 8.80. The van der Waals surface area contributed by atoms with E-state index in [1.54, 1.807) is 24.3 Å². The number of carbonyl (C=O) groups is 3. The van der Waals surface area contributed by atoms with Crippen LogP contribution in [0, 0.1) is 6.92 Å². The highest BCUT2D eigenvalue weighted by Crippen LogP contribution is 2.16. The third-order valence-corrected chi connectivity index (χ3v) is 4.19. The van der Waals surface area contributed by atoms with Gasteiger partial charge in [-0.1, -0.05) is 24.3 Å². The molecule has 29 heavy (non-hydrogen) atoms. The number of para-hydroxylation sites is 1. The molecule has 0 fully saturated rings. The predicted molar refractivity (Wildman–Crippen MR) is 109 cm³/mol. The molecule has 0 aliphatic heterocycles. The molecule has 0 radical (unpaired) electrons. The first-order chi connectivity index (χ1) is 14.0. The van der Waals surface area contributed by atoms with E-state index in [9.17, 15) is 14.4 Å². The second-order valence-corrected chi connectivity index (χ2v) is 6.23. The van der Waals surface area contributed by atoms with E-state index in [2.05, 4.69) is 20.4 Å². The van der Waals surface area contributed by atoms with Crippen molar-refractivity contribution in [3.8, 4) is 0 Å². The zero-order valence-corrected chi connectivity index (χ0v) is 15.9. The summed E-state index contributed by atoms with van der Waals surface area (Å²) in [5.74, 6) is -1.35. The van der Waals surface area contributed by atoms with E-state index in [-0.39, 0.29) is 11.6 Å². The summed E-state index contributed by atoms with van der Waals surface area (Å²) in [6.07, 6.45) is 1.40. The number of amides is 2. The average Bonchev–Trinajstić information content (AvgIpc) is 2.75. The molecule has 1 heterocycles. The molecule has 0 aliphatic carbocycles. The van der Waals surface area contributed by atoms with Gasteiger partial charge < -0.3 is 15.4 Å². The van der Waals surface area contributed by atoms with Crippen molar-refractivity contribution in [1.82, 2.24) is 4.98 Å². The Morgan fingerprint density at radius 2 is 1.66 bits per heavy atom. The van der Waals surface area contributed by atoms with Gasteiger partial charge in [-0.3, -0.25) is 14.6 Å². The largest absolute Gasteiger partial charge is 0.465 e. The van der Waals surface area contributed by atoms with Crippen molar-refractivity contribution in [2.24, 2.45) is 0 Å². The first kappa shape index (κ1) is 19.8. The maximum Gasteiger partial charge on any atom is 0.337 e. The van der Waals surface area contributed by atoms with Gasteiger partial charge in [0.2, 0.25) is 0 Å². The van der Waals surface area contributed by atoms with Crippen molar-refractivity contribution < 1.29 is 19.1 Å². The third-order valence-electron chi connectivity index (χ3n) is 4.19. The van der Waals surface area contributed by atoms with Gasteiger partial charge in [-0.05, 0) is 48.9 Å².